The first-order valence-electron chi connectivity index (χ1n) is 5.02. The highest BCUT2D eigenvalue weighted by Gasteiger charge is 2.17. The lowest BCUT2D eigenvalue weighted by atomic mass is 10.3. The fraction of sp³-hybridized carbons (Fsp3) is 0.600. The molecule has 15 heavy (non-hydrogen) atoms. The van der Waals surface area contributed by atoms with Crippen LogP contribution < -0.4 is 0 Å². The number of carbonyl (C=O) groups is 1. The van der Waals surface area contributed by atoms with E-state index in [1.165, 1.54) is 0 Å². The van der Waals surface area contributed by atoms with Crippen LogP contribution in [0.4, 0.5) is 0 Å². The van der Waals surface area contributed by atoms with Gasteiger partial charge in [-0.3, -0.25) is 4.79 Å². The third-order valence-electron chi connectivity index (χ3n) is 2.09. The summed E-state index contributed by atoms with van der Waals surface area (Å²) in [7, 11) is 0. The molecule has 1 aromatic rings. The molecule has 5 nitrogen and oxygen atoms in total. The van der Waals surface area contributed by atoms with Gasteiger partial charge in [-0.15, -0.1) is 0 Å². The maximum absolute atomic E-state index is 11.8. The molecule has 0 saturated heterocycles. The average molecular weight is 212 g/mol. The number of aromatic nitrogens is 1. The van der Waals surface area contributed by atoms with Gasteiger partial charge < -0.3 is 14.5 Å². The lowest BCUT2D eigenvalue weighted by molar-refractivity contribution is 0.0712. The Hall–Kier alpha value is -1.36. The molecule has 0 aliphatic heterocycles. The van der Waals surface area contributed by atoms with Crippen LogP contribution in [-0.2, 0) is 0 Å². The Morgan fingerprint density at radius 3 is 2.87 bits per heavy atom. The van der Waals surface area contributed by atoms with E-state index in [0.717, 1.165) is 0 Å². The van der Waals surface area contributed by atoms with E-state index in [1.807, 2.05) is 6.92 Å². The molecular formula is C10H16N2O3. The van der Waals surface area contributed by atoms with E-state index in [4.69, 9.17) is 9.63 Å². The van der Waals surface area contributed by atoms with Crippen LogP contribution in [0.1, 0.15) is 29.6 Å². The fourth-order valence-electron chi connectivity index (χ4n) is 1.29. The van der Waals surface area contributed by atoms with E-state index in [1.54, 1.807) is 17.9 Å². The van der Waals surface area contributed by atoms with Gasteiger partial charge in [0.15, 0.2) is 0 Å². The van der Waals surface area contributed by atoms with Crippen molar-refractivity contribution in [2.24, 2.45) is 0 Å². The SMILES string of the molecule is CCN(CCCO)C(=O)c1cc(C)no1. The van der Waals surface area contributed by atoms with Gasteiger partial charge in [0.25, 0.3) is 5.91 Å². The number of hydrogen-bond acceptors (Lipinski definition) is 4. The molecule has 84 valence electrons. The number of nitrogens with zero attached hydrogens (tertiary/aromatic N) is 2. The molecule has 0 atom stereocenters. The van der Waals surface area contributed by atoms with Crippen molar-refractivity contribution in [2.75, 3.05) is 19.7 Å². The molecular weight excluding hydrogens is 196 g/mol. The molecule has 0 saturated carbocycles. The Bertz CT molecular complexity index is 322. The molecule has 0 unspecified atom stereocenters. The smallest absolute Gasteiger partial charge is 0.292 e. The molecule has 0 fully saturated rings. The van der Waals surface area contributed by atoms with Crippen molar-refractivity contribution in [1.29, 1.82) is 0 Å². The summed E-state index contributed by atoms with van der Waals surface area (Å²) in [5.41, 5.74) is 0.691. The predicted octanol–water partition coefficient (Wildman–Crippen LogP) is 0.828. The van der Waals surface area contributed by atoms with Crippen molar-refractivity contribution in [3.8, 4) is 0 Å². The van der Waals surface area contributed by atoms with Gasteiger partial charge in [0, 0.05) is 25.8 Å². The standard InChI is InChI=1S/C10H16N2O3/c1-3-12(5-4-6-13)10(14)9-7-8(2)11-15-9/h7,13H,3-6H2,1-2H3. The first-order chi connectivity index (χ1) is 7.19. The summed E-state index contributed by atoms with van der Waals surface area (Å²) in [6.07, 6.45) is 0.576. The number of amides is 1. The number of rotatable bonds is 5. The first kappa shape index (κ1) is 11.7. The van der Waals surface area contributed by atoms with E-state index < -0.39 is 0 Å². The lowest BCUT2D eigenvalue weighted by Gasteiger charge is -2.18. The zero-order valence-corrected chi connectivity index (χ0v) is 9.06. The van der Waals surface area contributed by atoms with Crippen molar-refractivity contribution < 1.29 is 14.4 Å². The molecule has 1 aromatic heterocycles. The number of aryl methyl sites for hydroxylation is 1. The third-order valence-corrected chi connectivity index (χ3v) is 2.09. The minimum atomic E-state index is -0.174. The van der Waals surface area contributed by atoms with Gasteiger partial charge in [-0.25, -0.2) is 0 Å². The van der Waals surface area contributed by atoms with Gasteiger partial charge in [-0.1, -0.05) is 5.16 Å². The maximum Gasteiger partial charge on any atom is 0.292 e. The highest BCUT2D eigenvalue weighted by Crippen LogP contribution is 2.07. The monoisotopic (exact) mass is 212 g/mol. The molecule has 1 rings (SSSR count). The summed E-state index contributed by atoms with van der Waals surface area (Å²) in [5, 5.41) is 12.4. The molecule has 0 bridgehead atoms. The van der Waals surface area contributed by atoms with Crippen LogP contribution in [0.2, 0.25) is 0 Å². The fourth-order valence-corrected chi connectivity index (χ4v) is 1.29. The van der Waals surface area contributed by atoms with E-state index in [2.05, 4.69) is 5.16 Å². The summed E-state index contributed by atoms with van der Waals surface area (Å²) >= 11 is 0. The summed E-state index contributed by atoms with van der Waals surface area (Å²) in [6, 6.07) is 1.62. The second-order valence-electron chi connectivity index (χ2n) is 3.29. The Morgan fingerprint density at radius 2 is 2.40 bits per heavy atom. The highest BCUT2D eigenvalue weighted by molar-refractivity contribution is 5.91. The molecule has 0 aliphatic rings. The topological polar surface area (TPSA) is 66.6 Å². The van der Waals surface area contributed by atoms with Crippen molar-refractivity contribution in [2.45, 2.75) is 20.3 Å². The van der Waals surface area contributed by atoms with Crippen LogP contribution in [0.25, 0.3) is 0 Å². The minimum Gasteiger partial charge on any atom is -0.396 e. The highest BCUT2D eigenvalue weighted by atomic mass is 16.5. The zero-order valence-electron chi connectivity index (χ0n) is 9.06. The van der Waals surface area contributed by atoms with E-state index >= 15 is 0 Å². The molecule has 1 amide bonds. The Kier molecular flexibility index (Phi) is 4.30. The second-order valence-corrected chi connectivity index (χ2v) is 3.29. The molecule has 1 N–H and O–H groups in total. The quantitative estimate of drug-likeness (QED) is 0.785. The van der Waals surface area contributed by atoms with E-state index in [9.17, 15) is 4.79 Å². The minimum absolute atomic E-state index is 0.0826. The van der Waals surface area contributed by atoms with Crippen molar-refractivity contribution >= 4 is 5.91 Å². The Morgan fingerprint density at radius 1 is 1.67 bits per heavy atom. The Balaban J connectivity index is 2.64. The maximum atomic E-state index is 11.8. The molecule has 0 radical (unpaired) electrons. The number of aliphatic hydroxyl groups excluding tert-OH is 1. The second kappa shape index (κ2) is 5.50. The van der Waals surface area contributed by atoms with Crippen molar-refractivity contribution in [3.05, 3.63) is 17.5 Å². The number of hydrogen-bond donors (Lipinski definition) is 1. The van der Waals surface area contributed by atoms with Crippen LogP contribution >= 0.6 is 0 Å². The van der Waals surface area contributed by atoms with Gasteiger partial charge in [0.05, 0.1) is 5.69 Å². The Labute approximate surface area is 88.7 Å². The van der Waals surface area contributed by atoms with Crippen LogP contribution in [-0.4, -0.2) is 40.8 Å². The van der Waals surface area contributed by atoms with Gasteiger partial charge >= 0.3 is 0 Å². The molecule has 1 heterocycles. The van der Waals surface area contributed by atoms with Crippen LogP contribution in [0.3, 0.4) is 0 Å². The van der Waals surface area contributed by atoms with Crippen LogP contribution in [0, 0.1) is 6.92 Å². The number of carbonyl (C=O) groups excluding carboxylic acids is 1. The normalized spacial score (nSPS) is 10.3. The summed E-state index contributed by atoms with van der Waals surface area (Å²) in [5.74, 6) is 0.0823. The number of aliphatic hydroxyl groups is 1. The largest absolute Gasteiger partial charge is 0.396 e. The van der Waals surface area contributed by atoms with Gasteiger partial charge in [-0.05, 0) is 20.3 Å². The molecule has 0 aromatic carbocycles. The molecule has 5 heteroatoms. The average Bonchev–Trinajstić information content (AvgIpc) is 2.65. The van der Waals surface area contributed by atoms with Crippen molar-refractivity contribution in [1.82, 2.24) is 10.1 Å². The van der Waals surface area contributed by atoms with Crippen LogP contribution in [0.5, 0.6) is 0 Å². The summed E-state index contributed by atoms with van der Waals surface area (Å²) in [6.45, 7) is 4.87. The van der Waals surface area contributed by atoms with Gasteiger partial charge in [0.2, 0.25) is 5.76 Å². The molecule has 0 aliphatic carbocycles. The first-order valence-corrected chi connectivity index (χ1v) is 5.02. The summed E-state index contributed by atoms with van der Waals surface area (Å²) < 4.78 is 4.89. The van der Waals surface area contributed by atoms with Gasteiger partial charge in [0.1, 0.15) is 0 Å². The summed E-state index contributed by atoms with van der Waals surface area (Å²) in [4.78, 5) is 13.4. The van der Waals surface area contributed by atoms with Crippen molar-refractivity contribution in [3.63, 3.8) is 0 Å². The van der Waals surface area contributed by atoms with Crippen LogP contribution in [0.15, 0.2) is 10.6 Å². The zero-order chi connectivity index (χ0) is 11.3. The lowest BCUT2D eigenvalue weighted by Crippen LogP contribution is -2.31. The van der Waals surface area contributed by atoms with Gasteiger partial charge in [-0.2, -0.15) is 0 Å². The third kappa shape index (κ3) is 3.06. The predicted molar refractivity (Wildman–Crippen MR) is 54.5 cm³/mol. The molecule has 0 spiro atoms. The van der Waals surface area contributed by atoms with E-state index in [0.29, 0.717) is 25.2 Å². The van der Waals surface area contributed by atoms with E-state index in [-0.39, 0.29) is 18.3 Å².